The summed E-state index contributed by atoms with van der Waals surface area (Å²) >= 11 is 0. The summed E-state index contributed by atoms with van der Waals surface area (Å²) in [5.74, 6) is 0. The van der Waals surface area contributed by atoms with Gasteiger partial charge in [0.15, 0.2) is 0 Å². The number of hydrogen-bond acceptors (Lipinski definition) is 2. The quantitative estimate of drug-likeness (QED) is 0.753. The van der Waals surface area contributed by atoms with Crippen molar-refractivity contribution in [2.45, 2.75) is 39.7 Å². The van der Waals surface area contributed by atoms with E-state index in [1.165, 1.54) is 41.6 Å². The second-order valence-electron chi connectivity index (χ2n) is 5.38. The van der Waals surface area contributed by atoms with Crippen LogP contribution in [0.1, 0.15) is 37.0 Å². The van der Waals surface area contributed by atoms with Crippen LogP contribution in [-0.2, 0) is 19.4 Å². The molecule has 2 aromatic carbocycles. The first-order valence-corrected chi connectivity index (χ1v) is 8.53. The van der Waals surface area contributed by atoms with Crippen LogP contribution in [0.4, 0.5) is 5.69 Å². The number of anilines is 1. The highest BCUT2D eigenvalue weighted by atomic mass is 14.9. The van der Waals surface area contributed by atoms with Gasteiger partial charge in [-0.05, 0) is 48.6 Å². The summed E-state index contributed by atoms with van der Waals surface area (Å²) < 4.78 is 0. The Hall–Kier alpha value is -1.80. The number of benzene rings is 2. The van der Waals surface area contributed by atoms with Gasteiger partial charge in [-0.15, -0.1) is 0 Å². The Morgan fingerprint density at radius 3 is 2.14 bits per heavy atom. The van der Waals surface area contributed by atoms with Crippen molar-refractivity contribution in [2.24, 2.45) is 0 Å². The molecule has 0 saturated carbocycles. The normalized spacial score (nSPS) is 14.8. The first-order valence-electron chi connectivity index (χ1n) is 8.53. The lowest BCUT2D eigenvalue weighted by Crippen LogP contribution is -2.23. The molecule has 0 unspecified atom stereocenters. The zero-order valence-electron chi connectivity index (χ0n) is 13.9. The van der Waals surface area contributed by atoms with E-state index in [4.69, 9.17) is 0 Å². The minimum Gasteiger partial charge on any atom is -0.385 e. The van der Waals surface area contributed by atoms with Crippen molar-refractivity contribution in [2.75, 3.05) is 18.4 Å². The van der Waals surface area contributed by atoms with E-state index >= 15 is 0 Å². The van der Waals surface area contributed by atoms with Gasteiger partial charge in [0.1, 0.15) is 0 Å². The molecule has 0 amide bonds. The minimum absolute atomic E-state index is 1.05. The van der Waals surface area contributed by atoms with Gasteiger partial charge >= 0.3 is 0 Å². The van der Waals surface area contributed by atoms with Crippen LogP contribution in [0.2, 0.25) is 0 Å². The lowest BCUT2D eigenvalue weighted by molar-refractivity contribution is 0.644. The molecule has 2 aromatic rings. The van der Waals surface area contributed by atoms with E-state index < -0.39 is 0 Å². The second-order valence-corrected chi connectivity index (χ2v) is 5.38. The van der Waals surface area contributed by atoms with Crippen LogP contribution in [0.5, 0.6) is 0 Å². The highest BCUT2D eigenvalue weighted by molar-refractivity contribution is 5.52. The summed E-state index contributed by atoms with van der Waals surface area (Å²) in [6.45, 7) is 7.32. The molecule has 2 nitrogen and oxygen atoms in total. The third-order valence-corrected chi connectivity index (χ3v) is 3.96. The van der Waals surface area contributed by atoms with E-state index in [0.717, 1.165) is 19.6 Å². The van der Waals surface area contributed by atoms with Gasteiger partial charge in [0, 0.05) is 18.8 Å². The number of nitrogens with one attached hydrogen (secondary N) is 2. The van der Waals surface area contributed by atoms with E-state index in [1.54, 1.807) is 0 Å². The Balaban J connectivity index is 0.000000144. The molecule has 0 aromatic heterocycles. The second kappa shape index (κ2) is 9.26. The maximum absolute atomic E-state index is 3.36. The molecule has 0 spiro atoms. The van der Waals surface area contributed by atoms with Crippen molar-refractivity contribution >= 4 is 5.69 Å². The van der Waals surface area contributed by atoms with Crippen LogP contribution in [0.25, 0.3) is 0 Å². The molecular formula is C20H28N2. The van der Waals surface area contributed by atoms with Gasteiger partial charge in [-0.3, -0.25) is 0 Å². The summed E-state index contributed by atoms with van der Waals surface area (Å²) in [6, 6.07) is 17.2. The van der Waals surface area contributed by atoms with Crippen LogP contribution in [-0.4, -0.2) is 13.1 Å². The van der Waals surface area contributed by atoms with Crippen LogP contribution in [0, 0.1) is 0 Å². The number of para-hydroxylation sites is 1. The van der Waals surface area contributed by atoms with Crippen molar-refractivity contribution in [1.82, 2.24) is 5.32 Å². The van der Waals surface area contributed by atoms with E-state index in [2.05, 4.69) is 59.2 Å². The lowest BCUT2D eigenvalue weighted by atomic mass is 10.0. The average Bonchev–Trinajstić information content (AvgIpc) is 2.64. The summed E-state index contributed by atoms with van der Waals surface area (Å²) in [7, 11) is 0. The Kier molecular flexibility index (Phi) is 6.98. The van der Waals surface area contributed by atoms with Gasteiger partial charge < -0.3 is 10.6 Å². The first-order chi connectivity index (χ1) is 10.9. The lowest BCUT2D eigenvalue weighted by Gasteiger charge is -2.16. The fraction of sp³-hybridized carbons (Fsp3) is 0.400. The summed E-state index contributed by atoms with van der Waals surface area (Å²) in [5.41, 5.74) is 5.78. The zero-order valence-corrected chi connectivity index (χ0v) is 13.9. The van der Waals surface area contributed by atoms with E-state index in [0.29, 0.717) is 0 Å². The van der Waals surface area contributed by atoms with Gasteiger partial charge in [-0.2, -0.15) is 0 Å². The molecule has 4 rings (SSSR count). The largest absolute Gasteiger partial charge is 0.385 e. The SMILES string of the molecule is CC.c1ccc2c(c1)CCCN2.c1ccc2c(c1)CCNC2. The topological polar surface area (TPSA) is 24.1 Å². The summed E-state index contributed by atoms with van der Waals surface area (Å²) in [4.78, 5) is 0. The number of rotatable bonds is 0. The van der Waals surface area contributed by atoms with Crippen LogP contribution in [0.3, 0.4) is 0 Å². The van der Waals surface area contributed by atoms with Gasteiger partial charge in [0.25, 0.3) is 0 Å². The molecule has 2 N–H and O–H groups in total. The highest BCUT2D eigenvalue weighted by Crippen LogP contribution is 2.20. The van der Waals surface area contributed by atoms with Crippen molar-refractivity contribution < 1.29 is 0 Å². The van der Waals surface area contributed by atoms with Crippen LogP contribution >= 0.6 is 0 Å². The maximum Gasteiger partial charge on any atom is 0.0372 e. The van der Waals surface area contributed by atoms with Gasteiger partial charge in [-0.25, -0.2) is 0 Å². The molecule has 0 bridgehead atoms. The zero-order chi connectivity index (χ0) is 15.6. The molecule has 0 atom stereocenters. The maximum atomic E-state index is 3.36. The van der Waals surface area contributed by atoms with Crippen molar-refractivity contribution in [3.8, 4) is 0 Å². The van der Waals surface area contributed by atoms with Crippen LogP contribution in [0.15, 0.2) is 48.5 Å². The molecule has 2 aliphatic heterocycles. The minimum atomic E-state index is 1.05. The Bertz CT molecular complexity index is 462. The molecule has 2 aliphatic rings. The highest BCUT2D eigenvalue weighted by Gasteiger charge is 2.05. The number of hydrogen-bond donors (Lipinski definition) is 2. The molecule has 0 saturated heterocycles. The molecule has 2 heterocycles. The Labute approximate surface area is 135 Å². The average molecular weight is 296 g/mol. The predicted molar refractivity (Wildman–Crippen MR) is 96.5 cm³/mol. The third kappa shape index (κ3) is 4.60. The standard InChI is InChI=1S/2C9H11N.C2H6/c1-2-6-9-8(4-1)5-3-7-10-9;1-2-4-9-7-10-6-5-8(9)3-1;1-2/h1-2,4,6,10H,3,5,7H2;1-4,10H,5-7H2;1-2H3. The third-order valence-electron chi connectivity index (χ3n) is 3.96. The van der Waals surface area contributed by atoms with Crippen molar-refractivity contribution in [3.63, 3.8) is 0 Å². The van der Waals surface area contributed by atoms with Gasteiger partial charge in [-0.1, -0.05) is 56.3 Å². The Morgan fingerprint density at radius 1 is 0.727 bits per heavy atom. The molecule has 0 aliphatic carbocycles. The van der Waals surface area contributed by atoms with E-state index in [-0.39, 0.29) is 0 Å². The Morgan fingerprint density at radius 2 is 1.41 bits per heavy atom. The first kappa shape index (κ1) is 16.6. The molecule has 0 fully saturated rings. The monoisotopic (exact) mass is 296 g/mol. The van der Waals surface area contributed by atoms with Gasteiger partial charge in [0.05, 0.1) is 0 Å². The fourth-order valence-electron chi connectivity index (χ4n) is 2.83. The van der Waals surface area contributed by atoms with Crippen molar-refractivity contribution in [1.29, 1.82) is 0 Å². The molecule has 0 radical (unpaired) electrons. The van der Waals surface area contributed by atoms with Gasteiger partial charge in [0.2, 0.25) is 0 Å². The fourth-order valence-corrected chi connectivity index (χ4v) is 2.83. The molecule has 2 heteroatoms. The van der Waals surface area contributed by atoms with Crippen LogP contribution < -0.4 is 10.6 Å². The molecule has 118 valence electrons. The predicted octanol–water partition coefficient (Wildman–Crippen LogP) is 4.40. The molecule has 22 heavy (non-hydrogen) atoms. The summed E-state index contributed by atoms with van der Waals surface area (Å²) in [6.07, 6.45) is 3.70. The number of aryl methyl sites for hydroxylation is 1. The summed E-state index contributed by atoms with van der Waals surface area (Å²) in [5, 5.41) is 6.70. The molecular weight excluding hydrogens is 268 g/mol. The van der Waals surface area contributed by atoms with Crippen molar-refractivity contribution in [3.05, 3.63) is 65.2 Å². The van der Waals surface area contributed by atoms with E-state index in [1.807, 2.05) is 13.8 Å². The smallest absolute Gasteiger partial charge is 0.0372 e. The number of fused-ring (bicyclic) bond motifs is 2. The van der Waals surface area contributed by atoms with E-state index in [9.17, 15) is 0 Å².